The molecular formula is C35H30ClN5O9S. The van der Waals surface area contributed by atoms with Crippen molar-refractivity contribution in [2.45, 2.75) is 36.8 Å². The minimum Gasteiger partial charge on any atom is -0.448 e. The van der Waals surface area contributed by atoms with Crippen LogP contribution >= 0.6 is 22.9 Å². The van der Waals surface area contributed by atoms with Crippen molar-refractivity contribution in [2.75, 3.05) is 18.3 Å². The molecule has 262 valence electrons. The van der Waals surface area contributed by atoms with Crippen molar-refractivity contribution < 1.29 is 43.1 Å². The molecule has 2 aliphatic heterocycles. The number of nitrogens with one attached hydrogen (secondary N) is 2. The number of nitrogens with zero attached hydrogens (tertiary/aromatic N) is 3. The summed E-state index contributed by atoms with van der Waals surface area (Å²) in [6.07, 6.45) is -2.61. The molecule has 0 saturated carbocycles. The molecule has 1 aromatic heterocycles. The summed E-state index contributed by atoms with van der Waals surface area (Å²) in [6.45, 7) is 0. The summed E-state index contributed by atoms with van der Waals surface area (Å²) in [4.78, 5) is 82.2. The Morgan fingerprint density at radius 2 is 1.65 bits per heavy atom. The molecule has 2 N–H and O–H groups in total. The molecule has 16 heteroatoms. The Hall–Kier alpha value is -5.64. The van der Waals surface area contributed by atoms with E-state index in [1.807, 2.05) is 12.1 Å². The first-order chi connectivity index (χ1) is 24.7. The van der Waals surface area contributed by atoms with Crippen LogP contribution in [0.5, 0.6) is 0 Å². The molecule has 2 saturated heterocycles. The highest BCUT2D eigenvalue weighted by atomic mass is 35.5. The molecule has 3 heterocycles. The average molecular weight is 732 g/mol. The number of anilines is 1. The Morgan fingerprint density at radius 3 is 2.22 bits per heavy atom. The van der Waals surface area contributed by atoms with E-state index in [0.29, 0.717) is 21.8 Å². The first kappa shape index (κ1) is 35.2. The average Bonchev–Trinajstić information content (AvgIpc) is 3.88. The third-order valence-corrected chi connectivity index (χ3v) is 8.94. The lowest BCUT2D eigenvalue weighted by atomic mass is 10.0. The lowest BCUT2D eigenvalue weighted by Gasteiger charge is -2.34. The highest BCUT2D eigenvalue weighted by Crippen LogP contribution is 2.42. The maximum absolute atomic E-state index is 14.4. The number of hydroxylamine groups is 2. The molecule has 4 aromatic rings. The van der Waals surface area contributed by atoms with Gasteiger partial charge in [-0.05, 0) is 16.7 Å². The van der Waals surface area contributed by atoms with Gasteiger partial charge in [-0.25, -0.2) is 9.78 Å². The van der Waals surface area contributed by atoms with Gasteiger partial charge in [0.2, 0.25) is 5.91 Å². The number of alkyl halides is 1. The van der Waals surface area contributed by atoms with E-state index in [4.69, 9.17) is 30.7 Å². The molecule has 3 atom stereocenters. The fourth-order valence-electron chi connectivity index (χ4n) is 5.59. The van der Waals surface area contributed by atoms with E-state index in [9.17, 15) is 24.0 Å². The number of thiazole rings is 1. The second-order valence-electron chi connectivity index (χ2n) is 11.2. The number of benzene rings is 3. The molecule has 0 aliphatic carbocycles. The van der Waals surface area contributed by atoms with Crippen LogP contribution in [0.1, 0.15) is 47.4 Å². The fraction of sp³-hybridized carbons (Fsp3) is 0.229. The van der Waals surface area contributed by atoms with Crippen molar-refractivity contribution in [2.24, 2.45) is 5.16 Å². The number of rotatable bonds is 12. The maximum Gasteiger partial charge on any atom is 0.376 e. The van der Waals surface area contributed by atoms with Crippen LogP contribution in [0.25, 0.3) is 0 Å². The third kappa shape index (κ3) is 7.45. The van der Waals surface area contributed by atoms with Crippen LogP contribution in [0.3, 0.4) is 0 Å². The van der Waals surface area contributed by atoms with Crippen LogP contribution in [0.2, 0.25) is 0 Å². The van der Waals surface area contributed by atoms with E-state index >= 15 is 0 Å². The van der Waals surface area contributed by atoms with Gasteiger partial charge in [0, 0.05) is 11.8 Å². The second kappa shape index (κ2) is 15.5. The number of ether oxygens (including phenoxy) is 2. The lowest BCUT2D eigenvalue weighted by molar-refractivity contribution is -0.272. The highest BCUT2D eigenvalue weighted by molar-refractivity contribution is 7.14. The zero-order valence-electron chi connectivity index (χ0n) is 26.9. The Bertz CT molecular complexity index is 1910. The molecule has 2 aliphatic rings. The first-order valence-electron chi connectivity index (χ1n) is 15.6. The van der Waals surface area contributed by atoms with Gasteiger partial charge in [0.25, 0.3) is 11.8 Å². The lowest BCUT2D eigenvalue weighted by Crippen LogP contribution is -2.57. The Morgan fingerprint density at radius 1 is 1.02 bits per heavy atom. The quantitative estimate of drug-likeness (QED) is 0.0937. The van der Waals surface area contributed by atoms with Crippen molar-refractivity contribution in [1.82, 2.24) is 15.4 Å². The molecule has 51 heavy (non-hydrogen) atoms. The molecule has 3 unspecified atom stereocenters. The van der Waals surface area contributed by atoms with Gasteiger partial charge in [0.15, 0.2) is 16.9 Å². The number of carbonyl (C=O) groups is 5. The van der Waals surface area contributed by atoms with E-state index in [1.54, 1.807) is 78.9 Å². The molecular weight excluding hydrogens is 702 g/mol. The summed E-state index contributed by atoms with van der Waals surface area (Å²) < 4.78 is 11.7. The normalized spacial score (nSPS) is 20.2. The number of oxime groups is 1. The summed E-state index contributed by atoms with van der Waals surface area (Å²) in [5.41, 5.74) is -0.890. The van der Waals surface area contributed by atoms with E-state index in [-0.39, 0.29) is 35.3 Å². The zero-order chi connectivity index (χ0) is 36.0. The van der Waals surface area contributed by atoms with E-state index in [2.05, 4.69) is 20.8 Å². The largest absolute Gasteiger partial charge is 0.448 e. The van der Waals surface area contributed by atoms with Gasteiger partial charge in [-0.1, -0.05) is 96.2 Å². The Balaban J connectivity index is 1.33. The number of amides is 3. The van der Waals surface area contributed by atoms with Crippen LogP contribution in [0.15, 0.2) is 102 Å². The molecule has 0 spiro atoms. The molecule has 0 bridgehead atoms. The minimum atomic E-state index is -2.32. The summed E-state index contributed by atoms with van der Waals surface area (Å²) in [5, 5.41) is 11.2. The van der Waals surface area contributed by atoms with Gasteiger partial charge < -0.3 is 24.9 Å². The number of halogens is 1. The van der Waals surface area contributed by atoms with Crippen molar-refractivity contribution in [3.8, 4) is 0 Å². The fourth-order valence-corrected chi connectivity index (χ4v) is 6.37. The predicted octanol–water partition coefficient (Wildman–Crippen LogP) is 4.04. The first-order valence-corrected chi connectivity index (χ1v) is 17.0. The number of hydrogen-bond acceptors (Lipinski definition) is 12. The monoisotopic (exact) mass is 731 g/mol. The number of hydrogen-bond donors (Lipinski definition) is 2. The van der Waals surface area contributed by atoms with Crippen LogP contribution < -0.4 is 10.6 Å². The van der Waals surface area contributed by atoms with Crippen molar-refractivity contribution in [3.05, 3.63) is 119 Å². The topological polar surface area (TPSA) is 175 Å². The third-order valence-electron chi connectivity index (χ3n) is 7.94. The van der Waals surface area contributed by atoms with Gasteiger partial charge in [-0.15, -0.1) is 22.9 Å². The maximum atomic E-state index is 14.4. The van der Waals surface area contributed by atoms with Crippen LogP contribution in [-0.2, 0) is 43.1 Å². The van der Waals surface area contributed by atoms with Crippen LogP contribution in [0.4, 0.5) is 5.13 Å². The molecule has 14 nitrogen and oxygen atoms in total. The second-order valence-corrected chi connectivity index (χ2v) is 12.4. The molecule has 3 aromatic carbocycles. The van der Waals surface area contributed by atoms with Gasteiger partial charge in [0.1, 0.15) is 30.8 Å². The minimum absolute atomic E-state index is 0.0290. The van der Waals surface area contributed by atoms with Gasteiger partial charge >= 0.3 is 17.7 Å². The van der Waals surface area contributed by atoms with Crippen LogP contribution in [-0.4, -0.2) is 70.2 Å². The molecule has 6 rings (SSSR count). The van der Waals surface area contributed by atoms with Crippen molar-refractivity contribution >= 4 is 63.4 Å². The number of esters is 2. The summed E-state index contributed by atoms with van der Waals surface area (Å²) in [5.74, 6) is -4.41. The number of carbonyl (C=O) groups excluding carboxylic acids is 5. The van der Waals surface area contributed by atoms with E-state index < -0.39 is 53.6 Å². The van der Waals surface area contributed by atoms with Crippen LogP contribution in [0, 0.1) is 0 Å². The highest BCUT2D eigenvalue weighted by Gasteiger charge is 2.62. The van der Waals surface area contributed by atoms with Crippen molar-refractivity contribution in [3.63, 3.8) is 0 Å². The Labute approximate surface area is 300 Å². The molecule has 2 fully saturated rings. The predicted molar refractivity (Wildman–Crippen MR) is 183 cm³/mol. The molecule has 0 radical (unpaired) electrons. The van der Waals surface area contributed by atoms with Crippen molar-refractivity contribution in [1.29, 1.82) is 0 Å². The Kier molecular flexibility index (Phi) is 10.7. The van der Waals surface area contributed by atoms with Gasteiger partial charge in [-0.3, -0.25) is 24.0 Å². The van der Waals surface area contributed by atoms with E-state index in [1.165, 1.54) is 12.5 Å². The number of aromatic nitrogens is 1. The van der Waals surface area contributed by atoms with E-state index in [0.717, 1.165) is 11.3 Å². The zero-order valence-corrected chi connectivity index (χ0v) is 28.5. The smallest absolute Gasteiger partial charge is 0.376 e. The van der Waals surface area contributed by atoms with Gasteiger partial charge in [-0.2, -0.15) is 5.06 Å². The molecule has 3 amide bonds. The summed E-state index contributed by atoms with van der Waals surface area (Å²) in [6, 6.07) is 25.0. The SMILES string of the molecule is CO/N=C(\C(=O)NC1C(=O)N(C2(C(=O)OC(c3ccccc3)c3ccccc3)CCC(=O)O2)OC1c1ccccc1)c1csc(NC(=O)CCl)n1. The summed E-state index contributed by atoms with van der Waals surface area (Å²) >= 11 is 6.58. The standard InChI is InChI=1S/C35H30ClN5O9S/c1-47-40-27(24-20-51-34(37-24)38-25(42)19-36)31(44)39-28-30(23-15-9-4-10-16-23)50-41(32(28)45)35(18-17-26(43)49-35)33(46)48-29(21-11-5-2-6-12-21)22-13-7-3-8-14-22/h2-16,20,28-30H,17-19H2,1H3,(H,39,44)(H,37,38,42)/b40-27-. The number of cyclic esters (lactones) is 1. The van der Waals surface area contributed by atoms with Gasteiger partial charge in [0.05, 0.1) is 6.42 Å². The summed E-state index contributed by atoms with van der Waals surface area (Å²) in [7, 11) is 1.22.